The zero-order valence-electron chi connectivity index (χ0n) is 13.0. The first-order chi connectivity index (χ1) is 9.58. The van der Waals surface area contributed by atoms with Crippen molar-refractivity contribution in [3.63, 3.8) is 0 Å². The Labute approximate surface area is 122 Å². The SMILES string of the molecule is CCCOc1cc(N)cc(NC2CCC(C)CC2C)c1. The fourth-order valence-corrected chi connectivity index (χ4v) is 3.10. The van der Waals surface area contributed by atoms with E-state index in [1.165, 1.54) is 19.3 Å². The lowest BCUT2D eigenvalue weighted by molar-refractivity contribution is 0.276. The molecule has 0 radical (unpaired) electrons. The van der Waals surface area contributed by atoms with Gasteiger partial charge in [-0.2, -0.15) is 0 Å². The summed E-state index contributed by atoms with van der Waals surface area (Å²) in [7, 11) is 0. The number of hydrogen-bond donors (Lipinski definition) is 2. The first-order valence-electron chi connectivity index (χ1n) is 7.88. The molecule has 3 atom stereocenters. The third kappa shape index (κ3) is 4.06. The Hall–Kier alpha value is -1.38. The van der Waals surface area contributed by atoms with Crippen LogP contribution < -0.4 is 15.8 Å². The fourth-order valence-electron chi connectivity index (χ4n) is 3.10. The molecule has 0 bridgehead atoms. The molecule has 3 unspecified atom stereocenters. The highest BCUT2D eigenvalue weighted by Gasteiger charge is 2.25. The third-order valence-electron chi connectivity index (χ3n) is 4.19. The Kier molecular flexibility index (Phi) is 5.16. The molecule has 1 fully saturated rings. The largest absolute Gasteiger partial charge is 0.493 e. The Morgan fingerprint density at radius 3 is 2.75 bits per heavy atom. The van der Waals surface area contributed by atoms with Gasteiger partial charge in [-0.05, 0) is 43.6 Å². The summed E-state index contributed by atoms with van der Waals surface area (Å²) in [6, 6.07) is 6.51. The Morgan fingerprint density at radius 1 is 1.25 bits per heavy atom. The number of nitrogens with one attached hydrogen (secondary N) is 1. The number of hydrogen-bond acceptors (Lipinski definition) is 3. The van der Waals surface area contributed by atoms with Crippen molar-refractivity contribution in [1.29, 1.82) is 0 Å². The summed E-state index contributed by atoms with van der Waals surface area (Å²) in [5, 5.41) is 3.65. The molecule has 112 valence electrons. The zero-order chi connectivity index (χ0) is 14.5. The van der Waals surface area contributed by atoms with Crippen LogP contribution in [-0.2, 0) is 0 Å². The molecule has 0 spiro atoms. The standard InChI is InChI=1S/C17H28N2O/c1-4-7-20-16-10-14(18)9-15(11-16)19-17-6-5-12(2)8-13(17)3/h9-13,17,19H,4-8,18H2,1-3H3. The van der Waals surface area contributed by atoms with Gasteiger partial charge in [0.25, 0.3) is 0 Å². The number of nitrogen functional groups attached to an aromatic ring is 1. The van der Waals surface area contributed by atoms with Crippen LogP contribution in [-0.4, -0.2) is 12.6 Å². The van der Waals surface area contributed by atoms with Gasteiger partial charge < -0.3 is 15.8 Å². The summed E-state index contributed by atoms with van der Waals surface area (Å²) < 4.78 is 5.69. The second kappa shape index (κ2) is 6.87. The maximum atomic E-state index is 5.97. The molecule has 0 aromatic heterocycles. The van der Waals surface area contributed by atoms with E-state index in [4.69, 9.17) is 10.5 Å². The van der Waals surface area contributed by atoms with E-state index in [-0.39, 0.29) is 0 Å². The molecule has 3 nitrogen and oxygen atoms in total. The van der Waals surface area contributed by atoms with Crippen molar-refractivity contribution >= 4 is 11.4 Å². The van der Waals surface area contributed by atoms with Gasteiger partial charge in [-0.1, -0.05) is 20.8 Å². The first kappa shape index (κ1) is 15.0. The van der Waals surface area contributed by atoms with Crippen LogP contribution in [0, 0.1) is 11.8 Å². The second-order valence-corrected chi connectivity index (χ2v) is 6.29. The van der Waals surface area contributed by atoms with Crippen LogP contribution in [0.2, 0.25) is 0 Å². The molecule has 20 heavy (non-hydrogen) atoms. The summed E-state index contributed by atoms with van der Waals surface area (Å²) in [6.45, 7) is 7.54. The molecule has 0 amide bonds. The summed E-state index contributed by atoms with van der Waals surface area (Å²) in [5.74, 6) is 2.43. The van der Waals surface area contributed by atoms with Crippen LogP contribution in [0.3, 0.4) is 0 Å². The van der Waals surface area contributed by atoms with Crippen LogP contribution in [0.1, 0.15) is 46.5 Å². The molecule has 0 saturated heterocycles. The van der Waals surface area contributed by atoms with Crippen LogP contribution in [0.25, 0.3) is 0 Å². The molecule has 1 aromatic rings. The maximum Gasteiger partial charge on any atom is 0.123 e. The minimum absolute atomic E-state index is 0.548. The smallest absolute Gasteiger partial charge is 0.123 e. The number of nitrogens with two attached hydrogens (primary N) is 1. The first-order valence-corrected chi connectivity index (χ1v) is 7.88. The molecule has 1 aromatic carbocycles. The molecule has 1 saturated carbocycles. The van der Waals surface area contributed by atoms with Gasteiger partial charge in [0.2, 0.25) is 0 Å². The van der Waals surface area contributed by atoms with Gasteiger partial charge in [0.1, 0.15) is 5.75 Å². The van der Waals surface area contributed by atoms with Gasteiger partial charge in [-0.3, -0.25) is 0 Å². The molecule has 2 rings (SSSR count). The fraction of sp³-hybridized carbons (Fsp3) is 0.647. The van der Waals surface area contributed by atoms with Gasteiger partial charge in [-0.15, -0.1) is 0 Å². The lowest BCUT2D eigenvalue weighted by Crippen LogP contribution is -2.33. The molecular weight excluding hydrogens is 248 g/mol. The van der Waals surface area contributed by atoms with Gasteiger partial charge in [0.05, 0.1) is 6.61 Å². The van der Waals surface area contributed by atoms with E-state index in [1.54, 1.807) is 0 Å². The van der Waals surface area contributed by atoms with Crippen molar-refractivity contribution in [2.45, 2.75) is 52.5 Å². The molecule has 1 aliphatic rings. The Balaban J connectivity index is 2.03. The van der Waals surface area contributed by atoms with Gasteiger partial charge in [0, 0.05) is 29.5 Å². The molecular formula is C17H28N2O. The average molecular weight is 276 g/mol. The van der Waals surface area contributed by atoms with Crippen LogP contribution in [0.5, 0.6) is 5.75 Å². The van der Waals surface area contributed by atoms with E-state index in [1.807, 2.05) is 12.1 Å². The number of anilines is 2. The highest BCUT2D eigenvalue weighted by atomic mass is 16.5. The van der Waals surface area contributed by atoms with Crippen LogP contribution >= 0.6 is 0 Å². The van der Waals surface area contributed by atoms with Crippen molar-refractivity contribution in [2.75, 3.05) is 17.7 Å². The van der Waals surface area contributed by atoms with Gasteiger partial charge in [-0.25, -0.2) is 0 Å². The molecule has 1 aliphatic carbocycles. The summed E-state index contributed by atoms with van der Waals surface area (Å²) in [4.78, 5) is 0. The van der Waals surface area contributed by atoms with Gasteiger partial charge >= 0.3 is 0 Å². The van der Waals surface area contributed by atoms with E-state index < -0.39 is 0 Å². The van der Waals surface area contributed by atoms with Crippen molar-refractivity contribution in [3.8, 4) is 5.75 Å². The van der Waals surface area contributed by atoms with Crippen LogP contribution in [0.15, 0.2) is 18.2 Å². The lowest BCUT2D eigenvalue weighted by Gasteiger charge is -2.34. The monoisotopic (exact) mass is 276 g/mol. The highest BCUT2D eigenvalue weighted by Crippen LogP contribution is 2.32. The van der Waals surface area contributed by atoms with E-state index in [9.17, 15) is 0 Å². The topological polar surface area (TPSA) is 47.3 Å². The third-order valence-corrected chi connectivity index (χ3v) is 4.19. The Bertz CT molecular complexity index is 433. The van der Waals surface area contributed by atoms with E-state index in [2.05, 4.69) is 32.2 Å². The predicted octanol–water partition coefficient (Wildman–Crippen LogP) is 4.29. The molecule has 3 heteroatoms. The maximum absolute atomic E-state index is 5.97. The van der Waals surface area contributed by atoms with E-state index >= 15 is 0 Å². The van der Waals surface area contributed by atoms with E-state index in [0.29, 0.717) is 12.0 Å². The molecule has 0 aliphatic heterocycles. The van der Waals surface area contributed by atoms with Crippen LogP contribution in [0.4, 0.5) is 11.4 Å². The van der Waals surface area contributed by atoms with Crippen molar-refractivity contribution in [3.05, 3.63) is 18.2 Å². The summed E-state index contributed by atoms with van der Waals surface area (Å²) in [5.41, 5.74) is 7.82. The van der Waals surface area contributed by atoms with Gasteiger partial charge in [0.15, 0.2) is 0 Å². The molecule has 3 N–H and O–H groups in total. The molecule has 0 heterocycles. The highest BCUT2D eigenvalue weighted by molar-refractivity contribution is 5.59. The zero-order valence-corrected chi connectivity index (χ0v) is 13.0. The second-order valence-electron chi connectivity index (χ2n) is 6.29. The van der Waals surface area contributed by atoms with Crippen molar-refractivity contribution in [1.82, 2.24) is 0 Å². The predicted molar refractivity (Wildman–Crippen MR) is 86.2 cm³/mol. The summed E-state index contributed by atoms with van der Waals surface area (Å²) >= 11 is 0. The Morgan fingerprint density at radius 2 is 2.05 bits per heavy atom. The quantitative estimate of drug-likeness (QED) is 0.788. The lowest BCUT2D eigenvalue weighted by atomic mass is 9.80. The normalized spacial score (nSPS) is 26.2. The van der Waals surface area contributed by atoms with E-state index in [0.717, 1.165) is 36.1 Å². The summed E-state index contributed by atoms with van der Waals surface area (Å²) in [6.07, 6.45) is 4.86. The average Bonchev–Trinajstić information content (AvgIpc) is 2.39. The van der Waals surface area contributed by atoms with Crippen molar-refractivity contribution < 1.29 is 4.74 Å². The van der Waals surface area contributed by atoms with Crippen molar-refractivity contribution in [2.24, 2.45) is 11.8 Å². The minimum atomic E-state index is 0.548. The number of benzene rings is 1. The minimum Gasteiger partial charge on any atom is -0.493 e. The number of ether oxygens (including phenoxy) is 1. The number of rotatable bonds is 5.